The van der Waals surface area contributed by atoms with Crippen LogP contribution in [0.3, 0.4) is 0 Å². The van der Waals surface area contributed by atoms with Crippen LogP contribution in [0.25, 0.3) is 5.69 Å². The highest BCUT2D eigenvalue weighted by Gasteiger charge is 2.16. The van der Waals surface area contributed by atoms with Crippen molar-refractivity contribution in [1.29, 1.82) is 5.26 Å². The maximum absolute atomic E-state index is 8.91. The molecule has 0 amide bonds. The van der Waals surface area contributed by atoms with Crippen LogP contribution in [0.15, 0.2) is 24.3 Å². The van der Waals surface area contributed by atoms with Crippen LogP contribution in [0.2, 0.25) is 0 Å². The molecule has 1 aromatic carbocycles. The molecule has 1 aromatic heterocycles. The Balaban J connectivity index is 2.58. The Morgan fingerprint density at radius 1 is 1.44 bits per heavy atom. The van der Waals surface area contributed by atoms with Gasteiger partial charge in [0.1, 0.15) is 5.82 Å². The van der Waals surface area contributed by atoms with Gasteiger partial charge in [0.25, 0.3) is 0 Å². The number of nitrogens with two attached hydrogens (primary N) is 1. The monoisotopic (exact) mass is 352 g/mol. The van der Waals surface area contributed by atoms with Crippen molar-refractivity contribution >= 4 is 28.4 Å². The molecule has 5 heteroatoms. The average Bonchev–Trinajstić information content (AvgIpc) is 2.67. The molecule has 0 fully saturated rings. The first-order valence-corrected chi connectivity index (χ1v) is 6.67. The molecule has 4 nitrogen and oxygen atoms in total. The van der Waals surface area contributed by atoms with Crippen LogP contribution < -0.4 is 5.73 Å². The number of nitriles is 1. The molecule has 18 heavy (non-hydrogen) atoms. The number of aromatic nitrogens is 2. The summed E-state index contributed by atoms with van der Waals surface area (Å²) in [5.74, 6) is 0.939. The summed E-state index contributed by atoms with van der Waals surface area (Å²) in [6, 6.07) is 9.38. The molecule has 0 spiro atoms. The molecule has 0 aliphatic rings. The molecule has 2 N–H and O–H groups in total. The van der Waals surface area contributed by atoms with Crippen LogP contribution in [0.5, 0.6) is 0 Å². The van der Waals surface area contributed by atoms with Gasteiger partial charge in [0.15, 0.2) is 0 Å². The summed E-state index contributed by atoms with van der Waals surface area (Å²) in [4.78, 5) is 0. The standard InChI is InChI=1S/C13H13IN4/c1-8(2)12-11(14)13(16)18(17-12)10-5-3-4-9(6-10)7-15/h3-6,8H,16H2,1-2H3. The topological polar surface area (TPSA) is 67.6 Å². The summed E-state index contributed by atoms with van der Waals surface area (Å²) in [6.45, 7) is 4.17. The first-order chi connectivity index (χ1) is 8.54. The van der Waals surface area contributed by atoms with Crippen LogP contribution in [-0.4, -0.2) is 9.78 Å². The Kier molecular flexibility index (Phi) is 3.57. The fourth-order valence-corrected chi connectivity index (χ4v) is 2.66. The first-order valence-electron chi connectivity index (χ1n) is 5.59. The van der Waals surface area contributed by atoms with Crippen molar-refractivity contribution in [2.75, 3.05) is 5.73 Å². The van der Waals surface area contributed by atoms with Crippen molar-refractivity contribution in [3.8, 4) is 11.8 Å². The van der Waals surface area contributed by atoms with Crippen molar-refractivity contribution < 1.29 is 0 Å². The lowest BCUT2D eigenvalue weighted by molar-refractivity contribution is 0.769. The maximum atomic E-state index is 8.91. The van der Waals surface area contributed by atoms with Gasteiger partial charge in [-0.1, -0.05) is 19.9 Å². The van der Waals surface area contributed by atoms with E-state index in [1.54, 1.807) is 16.8 Å². The highest BCUT2D eigenvalue weighted by molar-refractivity contribution is 14.1. The Hall–Kier alpha value is -1.55. The Morgan fingerprint density at radius 2 is 2.17 bits per heavy atom. The molecule has 92 valence electrons. The summed E-state index contributed by atoms with van der Waals surface area (Å²) in [7, 11) is 0. The van der Waals surface area contributed by atoms with Gasteiger partial charge in [-0.15, -0.1) is 0 Å². The number of benzene rings is 1. The summed E-state index contributed by atoms with van der Waals surface area (Å²) in [5.41, 5.74) is 8.47. The van der Waals surface area contributed by atoms with Crippen molar-refractivity contribution in [1.82, 2.24) is 9.78 Å². The zero-order valence-electron chi connectivity index (χ0n) is 10.2. The van der Waals surface area contributed by atoms with Gasteiger partial charge in [0.05, 0.1) is 26.6 Å². The van der Waals surface area contributed by atoms with Crippen LogP contribution in [0, 0.1) is 14.9 Å². The molecular weight excluding hydrogens is 339 g/mol. The fourth-order valence-electron chi connectivity index (χ4n) is 1.70. The third-order valence-corrected chi connectivity index (χ3v) is 3.76. The molecule has 0 unspecified atom stereocenters. The van der Waals surface area contributed by atoms with Crippen LogP contribution >= 0.6 is 22.6 Å². The fraction of sp³-hybridized carbons (Fsp3) is 0.231. The predicted molar refractivity (Wildman–Crippen MR) is 79.5 cm³/mol. The number of hydrogen-bond donors (Lipinski definition) is 1. The second-order valence-electron chi connectivity index (χ2n) is 4.31. The van der Waals surface area contributed by atoms with Gasteiger partial charge in [-0.3, -0.25) is 0 Å². The van der Waals surface area contributed by atoms with Crippen molar-refractivity contribution in [2.24, 2.45) is 0 Å². The van der Waals surface area contributed by atoms with E-state index in [1.165, 1.54) is 0 Å². The molecule has 0 saturated carbocycles. The van der Waals surface area contributed by atoms with Gasteiger partial charge in [-0.25, -0.2) is 4.68 Å². The third-order valence-electron chi connectivity index (χ3n) is 2.65. The smallest absolute Gasteiger partial charge is 0.141 e. The minimum atomic E-state index is 0.319. The Bertz CT molecular complexity index is 622. The molecule has 2 rings (SSSR count). The van der Waals surface area contributed by atoms with Crippen LogP contribution in [0.1, 0.15) is 31.0 Å². The molecule has 1 heterocycles. The predicted octanol–water partition coefficient (Wildman–Crippen LogP) is 3.05. The number of halogens is 1. The van der Waals surface area contributed by atoms with E-state index in [1.807, 2.05) is 12.1 Å². The van der Waals surface area contributed by atoms with Crippen molar-refractivity contribution in [2.45, 2.75) is 19.8 Å². The molecular formula is C13H13IN4. The van der Waals surface area contributed by atoms with Crippen LogP contribution in [0.4, 0.5) is 5.82 Å². The second-order valence-corrected chi connectivity index (χ2v) is 5.39. The minimum absolute atomic E-state index is 0.319. The van der Waals surface area contributed by atoms with Gasteiger partial charge < -0.3 is 5.73 Å². The highest BCUT2D eigenvalue weighted by Crippen LogP contribution is 2.27. The van der Waals surface area contributed by atoms with Crippen molar-refractivity contribution in [3.63, 3.8) is 0 Å². The molecule has 0 aliphatic carbocycles. The van der Waals surface area contributed by atoms with E-state index < -0.39 is 0 Å². The van der Waals surface area contributed by atoms with E-state index in [4.69, 9.17) is 11.0 Å². The SMILES string of the molecule is CC(C)c1nn(-c2cccc(C#N)c2)c(N)c1I. The number of hydrogen-bond acceptors (Lipinski definition) is 3. The van der Waals surface area contributed by atoms with E-state index in [0.29, 0.717) is 17.3 Å². The summed E-state index contributed by atoms with van der Waals surface area (Å²) in [6.07, 6.45) is 0. The lowest BCUT2D eigenvalue weighted by Crippen LogP contribution is -2.02. The Labute approximate surface area is 120 Å². The van der Waals surface area contributed by atoms with Gasteiger partial charge in [-0.05, 0) is 46.7 Å². The van der Waals surface area contributed by atoms with Gasteiger partial charge in [-0.2, -0.15) is 10.4 Å². The van der Waals surface area contributed by atoms with Gasteiger partial charge in [0, 0.05) is 0 Å². The molecule has 0 bridgehead atoms. The van der Waals surface area contributed by atoms with Crippen LogP contribution in [-0.2, 0) is 0 Å². The molecule has 0 radical (unpaired) electrons. The quantitative estimate of drug-likeness (QED) is 0.845. The normalized spacial score (nSPS) is 10.6. The molecule has 0 atom stereocenters. The zero-order chi connectivity index (χ0) is 13.3. The molecule has 0 saturated heterocycles. The lowest BCUT2D eigenvalue weighted by Gasteiger charge is -2.04. The summed E-state index contributed by atoms with van der Waals surface area (Å²) in [5, 5.41) is 13.4. The summed E-state index contributed by atoms with van der Waals surface area (Å²) >= 11 is 2.21. The average molecular weight is 352 g/mol. The van der Waals surface area contributed by atoms with Crippen molar-refractivity contribution in [3.05, 3.63) is 39.1 Å². The van der Waals surface area contributed by atoms with E-state index in [-0.39, 0.29) is 0 Å². The summed E-state index contributed by atoms with van der Waals surface area (Å²) < 4.78 is 2.67. The minimum Gasteiger partial charge on any atom is -0.383 e. The Morgan fingerprint density at radius 3 is 2.72 bits per heavy atom. The maximum Gasteiger partial charge on any atom is 0.141 e. The van der Waals surface area contributed by atoms with Gasteiger partial charge in [0.2, 0.25) is 0 Å². The molecule has 2 aromatic rings. The molecule has 0 aliphatic heterocycles. The van der Waals surface area contributed by atoms with E-state index in [2.05, 4.69) is 47.6 Å². The van der Waals surface area contributed by atoms with E-state index in [0.717, 1.165) is 15.0 Å². The van der Waals surface area contributed by atoms with E-state index >= 15 is 0 Å². The van der Waals surface area contributed by atoms with E-state index in [9.17, 15) is 0 Å². The number of rotatable bonds is 2. The largest absolute Gasteiger partial charge is 0.383 e. The number of nitrogens with zero attached hydrogens (tertiary/aromatic N) is 3. The number of anilines is 1. The van der Waals surface area contributed by atoms with Gasteiger partial charge >= 0.3 is 0 Å². The zero-order valence-corrected chi connectivity index (χ0v) is 12.3. The first kappa shape index (κ1) is 12.9. The second kappa shape index (κ2) is 4.98. The number of nitrogen functional groups attached to an aromatic ring is 1. The highest BCUT2D eigenvalue weighted by atomic mass is 127. The lowest BCUT2D eigenvalue weighted by atomic mass is 10.1. The third kappa shape index (κ3) is 2.20.